The van der Waals surface area contributed by atoms with Crippen LogP contribution in [0.5, 0.6) is 0 Å². The van der Waals surface area contributed by atoms with E-state index in [2.05, 4.69) is 43.3 Å². The summed E-state index contributed by atoms with van der Waals surface area (Å²) in [5.41, 5.74) is 10.8. The molecule has 0 spiro atoms. The molecule has 3 rings (SSSR count). The minimum Gasteiger partial charge on any atom is -0.368 e. The molecule has 2 N–H and O–H groups in total. The number of benzene rings is 2. The summed E-state index contributed by atoms with van der Waals surface area (Å²) < 4.78 is 1.78. The molecule has 0 unspecified atom stereocenters. The van der Waals surface area contributed by atoms with Gasteiger partial charge in [0.15, 0.2) is 0 Å². The average Bonchev–Trinajstić information content (AvgIpc) is 3.09. The van der Waals surface area contributed by atoms with E-state index in [0.717, 1.165) is 47.5 Å². The van der Waals surface area contributed by atoms with Crippen molar-refractivity contribution in [2.75, 3.05) is 20.6 Å². The van der Waals surface area contributed by atoms with Gasteiger partial charge in [-0.15, -0.1) is 0 Å². The Bertz CT molecular complexity index is 933. The van der Waals surface area contributed by atoms with Gasteiger partial charge in [0, 0.05) is 11.1 Å². The third kappa shape index (κ3) is 5.80. The normalized spacial score (nSPS) is 11.2. The largest absolute Gasteiger partial charge is 0.368 e. The molecule has 1 heterocycles. The lowest BCUT2D eigenvalue weighted by atomic mass is 9.96. The van der Waals surface area contributed by atoms with Crippen LogP contribution in [-0.4, -0.2) is 41.2 Å². The van der Waals surface area contributed by atoms with E-state index in [4.69, 9.17) is 10.8 Å². The predicted octanol–water partition coefficient (Wildman–Crippen LogP) is 4.37. The number of hydrogen-bond donors (Lipinski definition) is 1. The molecule has 2 aromatic carbocycles. The van der Waals surface area contributed by atoms with Crippen LogP contribution in [0.15, 0.2) is 60.7 Å². The van der Waals surface area contributed by atoms with E-state index >= 15 is 0 Å². The molecule has 5 nitrogen and oxygen atoms in total. The van der Waals surface area contributed by atoms with Crippen LogP contribution in [0.2, 0.25) is 0 Å². The molecule has 0 aliphatic heterocycles. The second-order valence-electron chi connectivity index (χ2n) is 7.99. The summed E-state index contributed by atoms with van der Waals surface area (Å²) in [6, 6.07) is 20.5. The maximum atomic E-state index is 11.8. The average molecular weight is 405 g/mol. The zero-order valence-corrected chi connectivity index (χ0v) is 18.1. The molecule has 0 saturated carbocycles. The SMILES string of the molecule is CN(C)CCCCCCc1nn(CC(N)=O)c(-c2ccccc2)c1-c1ccccc1. The van der Waals surface area contributed by atoms with Crippen molar-refractivity contribution in [3.05, 3.63) is 66.4 Å². The Balaban J connectivity index is 1.93. The Kier molecular flexibility index (Phi) is 7.80. The molecule has 158 valence electrons. The zero-order valence-electron chi connectivity index (χ0n) is 18.1. The monoisotopic (exact) mass is 404 g/mol. The number of carbonyl (C=O) groups excluding carboxylic acids is 1. The Morgan fingerprint density at radius 2 is 1.50 bits per heavy atom. The van der Waals surface area contributed by atoms with Gasteiger partial charge in [-0.3, -0.25) is 9.48 Å². The molecule has 1 aromatic heterocycles. The fraction of sp³-hybridized carbons (Fsp3) is 0.360. The summed E-state index contributed by atoms with van der Waals surface area (Å²) in [6.07, 6.45) is 5.56. The van der Waals surface area contributed by atoms with Crippen LogP contribution in [0.25, 0.3) is 22.4 Å². The van der Waals surface area contributed by atoms with Gasteiger partial charge < -0.3 is 10.6 Å². The highest BCUT2D eigenvalue weighted by atomic mass is 16.1. The molecular formula is C25H32N4O. The Labute approximate surface area is 179 Å². The molecule has 3 aromatic rings. The number of hydrogen-bond acceptors (Lipinski definition) is 3. The number of carbonyl (C=O) groups is 1. The van der Waals surface area contributed by atoms with Gasteiger partial charge in [-0.1, -0.05) is 73.5 Å². The first-order valence-electron chi connectivity index (χ1n) is 10.7. The fourth-order valence-electron chi connectivity index (χ4n) is 3.82. The second-order valence-corrected chi connectivity index (χ2v) is 7.99. The number of unbranched alkanes of at least 4 members (excludes halogenated alkanes) is 3. The van der Waals surface area contributed by atoms with Crippen LogP contribution >= 0.6 is 0 Å². The van der Waals surface area contributed by atoms with E-state index in [1.54, 1.807) is 4.68 Å². The van der Waals surface area contributed by atoms with E-state index in [0.29, 0.717) is 0 Å². The maximum Gasteiger partial charge on any atom is 0.239 e. The number of rotatable bonds is 11. The van der Waals surface area contributed by atoms with Gasteiger partial charge in [0.2, 0.25) is 5.91 Å². The third-order valence-corrected chi connectivity index (χ3v) is 5.21. The molecule has 1 amide bonds. The van der Waals surface area contributed by atoms with E-state index in [9.17, 15) is 4.79 Å². The summed E-state index contributed by atoms with van der Waals surface area (Å²) in [6.45, 7) is 1.20. The van der Waals surface area contributed by atoms with Gasteiger partial charge in [0.25, 0.3) is 0 Å². The Morgan fingerprint density at radius 1 is 0.900 bits per heavy atom. The second kappa shape index (κ2) is 10.7. The van der Waals surface area contributed by atoms with Gasteiger partial charge in [0.1, 0.15) is 6.54 Å². The van der Waals surface area contributed by atoms with Crippen molar-refractivity contribution < 1.29 is 4.79 Å². The highest BCUT2D eigenvalue weighted by molar-refractivity contribution is 5.84. The lowest BCUT2D eigenvalue weighted by Gasteiger charge is -2.10. The minimum absolute atomic E-state index is 0.0763. The van der Waals surface area contributed by atoms with E-state index < -0.39 is 0 Å². The van der Waals surface area contributed by atoms with Crippen LogP contribution in [0.4, 0.5) is 0 Å². The number of nitrogens with two attached hydrogens (primary N) is 1. The summed E-state index contributed by atoms with van der Waals surface area (Å²) in [5, 5.41) is 4.86. The highest BCUT2D eigenvalue weighted by Crippen LogP contribution is 2.36. The molecule has 0 aliphatic rings. The molecule has 0 aliphatic carbocycles. The first-order chi connectivity index (χ1) is 14.6. The van der Waals surface area contributed by atoms with Crippen molar-refractivity contribution in [2.45, 2.75) is 38.6 Å². The standard InChI is InChI=1S/C25H32N4O/c1-28(2)18-12-4-3-11-17-22-24(20-13-7-5-8-14-20)25(21-15-9-6-10-16-21)29(27-22)19-23(26)30/h5-10,13-16H,3-4,11-12,17-19H2,1-2H3,(H2,26,30). The molecule has 0 saturated heterocycles. The summed E-state index contributed by atoms with van der Waals surface area (Å²) in [5.74, 6) is -0.385. The van der Waals surface area contributed by atoms with Crippen molar-refractivity contribution in [1.82, 2.24) is 14.7 Å². The van der Waals surface area contributed by atoms with Crippen LogP contribution in [0, 0.1) is 0 Å². The third-order valence-electron chi connectivity index (χ3n) is 5.21. The number of amides is 1. The number of nitrogens with zero attached hydrogens (tertiary/aromatic N) is 3. The van der Waals surface area contributed by atoms with Gasteiger partial charge >= 0.3 is 0 Å². The molecule has 30 heavy (non-hydrogen) atoms. The molecule has 0 radical (unpaired) electrons. The maximum absolute atomic E-state index is 11.8. The van der Waals surface area contributed by atoms with Crippen LogP contribution in [0.1, 0.15) is 31.4 Å². The van der Waals surface area contributed by atoms with Crippen molar-refractivity contribution in [3.8, 4) is 22.4 Å². The van der Waals surface area contributed by atoms with Crippen molar-refractivity contribution >= 4 is 5.91 Å². The lowest BCUT2D eigenvalue weighted by Crippen LogP contribution is -2.20. The van der Waals surface area contributed by atoms with Crippen molar-refractivity contribution in [3.63, 3.8) is 0 Å². The van der Waals surface area contributed by atoms with E-state index in [-0.39, 0.29) is 12.5 Å². The first-order valence-corrected chi connectivity index (χ1v) is 10.7. The Morgan fingerprint density at radius 3 is 2.10 bits per heavy atom. The van der Waals surface area contributed by atoms with Gasteiger partial charge in [-0.25, -0.2) is 0 Å². The molecule has 0 fully saturated rings. The van der Waals surface area contributed by atoms with Gasteiger partial charge in [-0.05, 0) is 45.5 Å². The summed E-state index contributed by atoms with van der Waals surface area (Å²) >= 11 is 0. The summed E-state index contributed by atoms with van der Waals surface area (Å²) in [4.78, 5) is 14.0. The van der Waals surface area contributed by atoms with Crippen molar-refractivity contribution in [2.24, 2.45) is 5.73 Å². The van der Waals surface area contributed by atoms with Crippen LogP contribution in [-0.2, 0) is 17.8 Å². The zero-order chi connectivity index (χ0) is 21.3. The minimum atomic E-state index is -0.385. The predicted molar refractivity (Wildman–Crippen MR) is 123 cm³/mol. The highest BCUT2D eigenvalue weighted by Gasteiger charge is 2.21. The fourth-order valence-corrected chi connectivity index (χ4v) is 3.82. The first kappa shape index (κ1) is 21.8. The van der Waals surface area contributed by atoms with Crippen LogP contribution < -0.4 is 5.73 Å². The van der Waals surface area contributed by atoms with E-state index in [1.165, 1.54) is 19.3 Å². The topological polar surface area (TPSA) is 64.2 Å². The lowest BCUT2D eigenvalue weighted by molar-refractivity contribution is -0.118. The number of primary amides is 1. The molecule has 0 atom stereocenters. The number of aryl methyl sites for hydroxylation is 1. The van der Waals surface area contributed by atoms with Crippen molar-refractivity contribution in [1.29, 1.82) is 0 Å². The molecular weight excluding hydrogens is 372 g/mol. The quantitative estimate of drug-likeness (QED) is 0.483. The van der Waals surface area contributed by atoms with E-state index in [1.807, 2.05) is 36.4 Å². The van der Waals surface area contributed by atoms with Gasteiger partial charge in [0.05, 0.1) is 11.4 Å². The van der Waals surface area contributed by atoms with Gasteiger partial charge in [-0.2, -0.15) is 5.10 Å². The summed E-state index contributed by atoms with van der Waals surface area (Å²) in [7, 11) is 4.23. The molecule has 5 heteroatoms. The number of aromatic nitrogens is 2. The molecule has 0 bridgehead atoms. The Hall–Kier alpha value is -2.92. The van der Waals surface area contributed by atoms with Crippen LogP contribution in [0.3, 0.4) is 0 Å². The smallest absolute Gasteiger partial charge is 0.239 e.